The second kappa shape index (κ2) is 17.2. The van der Waals surface area contributed by atoms with Crippen molar-refractivity contribution >= 4 is 12.6 Å². The highest BCUT2D eigenvalue weighted by atomic mass is 16.3. The van der Waals surface area contributed by atoms with Crippen molar-refractivity contribution in [3.63, 3.8) is 0 Å². The number of nitrogens with two attached hydrogens (primary N) is 2. The van der Waals surface area contributed by atoms with Crippen molar-refractivity contribution in [2.75, 3.05) is 19.6 Å². The molecule has 0 amide bonds. The molecule has 8 N–H and O–H groups in total. The molecule has 1 heterocycles. The van der Waals surface area contributed by atoms with Crippen LogP contribution in [-0.4, -0.2) is 42.3 Å². The van der Waals surface area contributed by atoms with Crippen LogP contribution in [0, 0.1) is 5.41 Å². The number of aliphatic imine (C=N–C) groups is 1. The molecule has 200 valence electrons. The smallest absolute Gasteiger partial charge is 0.147 e. The lowest BCUT2D eigenvalue weighted by Gasteiger charge is -2.14. The van der Waals surface area contributed by atoms with E-state index in [9.17, 15) is 5.11 Å². The van der Waals surface area contributed by atoms with Crippen molar-refractivity contribution < 1.29 is 5.11 Å². The minimum absolute atomic E-state index is 0.253. The first-order valence-corrected chi connectivity index (χ1v) is 12.5. The fourth-order valence-electron chi connectivity index (χ4n) is 3.62. The Morgan fingerprint density at radius 1 is 0.974 bits per heavy atom. The van der Waals surface area contributed by atoms with E-state index in [1.165, 1.54) is 0 Å². The number of allylic oxidation sites excluding steroid dienone is 3. The number of phenolic OH excluding ortho intramolecular Hbond substituents is 1. The van der Waals surface area contributed by atoms with Crippen LogP contribution in [0.25, 0.3) is 0 Å². The zero-order valence-electron chi connectivity index (χ0n) is 22.0. The highest BCUT2D eigenvalue weighted by Crippen LogP contribution is 2.16. The van der Waals surface area contributed by atoms with Crippen LogP contribution in [0.4, 0.5) is 0 Å². The van der Waals surface area contributed by atoms with E-state index in [-0.39, 0.29) is 5.75 Å². The summed E-state index contributed by atoms with van der Waals surface area (Å²) in [6.45, 7) is 7.11. The molecule has 1 aromatic heterocycles. The minimum atomic E-state index is 0.253. The molecule has 8 nitrogen and oxygen atoms in total. The van der Waals surface area contributed by atoms with Gasteiger partial charge >= 0.3 is 0 Å². The SMILES string of the molecule is C/C=C\C=C(\CN)NCCNC(=NCc1ccccc1)c1cc(Cc2ccc(O)cc2)cc(CN)n1.C=N. The van der Waals surface area contributed by atoms with Gasteiger partial charge in [0.05, 0.1) is 12.2 Å². The quantitative estimate of drug-likeness (QED) is 0.0944. The fraction of sp³-hybridized carbons (Fsp3) is 0.233. The lowest BCUT2D eigenvalue weighted by Crippen LogP contribution is -2.34. The highest BCUT2D eigenvalue weighted by Gasteiger charge is 2.10. The maximum absolute atomic E-state index is 9.60. The lowest BCUT2D eigenvalue weighted by molar-refractivity contribution is 0.475. The minimum Gasteiger partial charge on any atom is -0.508 e. The van der Waals surface area contributed by atoms with Crippen LogP contribution in [0.5, 0.6) is 5.75 Å². The van der Waals surface area contributed by atoms with Gasteiger partial charge in [-0.05, 0) is 67.1 Å². The van der Waals surface area contributed by atoms with Gasteiger partial charge in [-0.1, -0.05) is 54.6 Å². The number of amidine groups is 1. The second-order valence-electron chi connectivity index (χ2n) is 8.33. The molecule has 8 heteroatoms. The molecular formula is C30H39N7O. The van der Waals surface area contributed by atoms with E-state index in [1.807, 2.05) is 67.6 Å². The molecular weight excluding hydrogens is 474 g/mol. The van der Waals surface area contributed by atoms with Gasteiger partial charge in [0.25, 0.3) is 0 Å². The van der Waals surface area contributed by atoms with Crippen LogP contribution in [-0.2, 0) is 19.5 Å². The average Bonchev–Trinajstić information content (AvgIpc) is 2.96. The van der Waals surface area contributed by atoms with Gasteiger partial charge < -0.3 is 32.6 Å². The normalized spacial score (nSPS) is 11.7. The predicted molar refractivity (Wildman–Crippen MR) is 158 cm³/mol. The molecule has 0 spiro atoms. The third kappa shape index (κ3) is 10.4. The Hall–Kier alpha value is -4.27. The zero-order valence-corrected chi connectivity index (χ0v) is 22.0. The molecule has 0 fully saturated rings. The zero-order chi connectivity index (χ0) is 27.6. The van der Waals surface area contributed by atoms with Crippen molar-refractivity contribution in [1.82, 2.24) is 15.6 Å². The summed E-state index contributed by atoms with van der Waals surface area (Å²) in [5.74, 6) is 0.970. The molecule has 0 radical (unpaired) electrons. The maximum Gasteiger partial charge on any atom is 0.147 e. The number of hydrogen-bond donors (Lipinski definition) is 6. The molecule has 0 aliphatic carbocycles. The highest BCUT2D eigenvalue weighted by molar-refractivity contribution is 5.97. The van der Waals surface area contributed by atoms with Gasteiger partial charge in [-0.15, -0.1) is 0 Å². The number of hydrogen-bond acceptors (Lipinski definition) is 7. The van der Waals surface area contributed by atoms with Crippen LogP contribution in [0.2, 0.25) is 0 Å². The van der Waals surface area contributed by atoms with E-state index in [4.69, 9.17) is 26.9 Å². The first kappa shape index (κ1) is 30.0. The molecule has 0 saturated carbocycles. The molecule has 0 aliphatic rings. The van der Waals surface area contributed by atoms with E-state index in [0.29, 0.717) is 39.1 Å². The fourth-order valence-corrected chi connectivity index (χ4v) is 3.62. The Labute approximate surface area is 225 Å². The summed E-state index contributed by atoms with van der Waals surface area (Å²) in [5, 5.41) is 21.9. The Bertz CT molecular complexity index is 1190. The summed E-state index contributed by atoms with van der Waals surface area (Å²) in [6.07, 6.45) is 6.61. The Morgan fingerprint density at radius 3 is 2.34 bits per heavy atom. The van der Waals surface area contributed by atoms with E-state index in [0.717, 1.165) is 39.6 Å². The Kier molecular flexibility index (Phi) is 13.6. The molecule has 3 aromatic rings. The number of nitrogens with zero attached hydrogens (tertiary/aromatic N) is 2. The van der Waals surface area contributed by atoms with Gasteiger partial charge in [0.2, 0.25) is 0 Å². The number of nitrogens with one attached hydrogen (secondary N) is 3. The Morgan fingerprint density at radius 2 is 1.68 bits per heavy atom. The van der Waals surface area contributed by atoms with Gasteiger partial charge in [0, 0.05) is 31.9 Å². The van der Waals surface area contributed by atoms with Crippen molar-refractivity contribution in [3.05, 3.63) is 119 Å². The summed E-state index contributed by atoms with van der Waals surface area (Å²) in [5.41, 5.74) is 17.6. The largest absolute Gasteiger partial charge is 0.508 e. The number of aromatic hydroxyl groups is 1. The first-order chi connectivity index (χ1) is 18.6. The molecule has 0 atom stereocenters. The van der Waals surface area contributed by atoms with Crippen molar-refractivity contribution in [1.29, 1.82) is 5.41 Å². The first-order valence-electron chi connectivity index (χ1n) is 12.5. The Balaban J connectivity index is 0.00000247. The summed E-state index contributed by atoms with van der Waals surface area (Å²) in [7, 11) is 0. The average molecular weight is 514 g/mol. The van der Waals surface area contributed by atoms with Crippen LogP contribution in [0.15, 0.2) is 95.6 Å². The molecule has 3 rings (SSSR count). The molecule has 0 unspecified atom stereocenters. The third-order valence-electron chi connectivity index (χ3n) is 5.48. The van der Waals surface area contributed by atoms with E-state index >= 15 is 0 Å². The van der Waals surface area contributed by atoms with Crippen LogP contribution in [0.1, 0.15) is 35.0 Å². The van der Waals surface area contributed by atoms with Gasteiger partial charge in [0.15, 0.2) is 0 Å². The summed E-state index contributed by atoms with van der Waals surface area (Å²) in [6, 6.07) is 21.4. The monoisotopic (exact) mass is 513 g/mol. The molecule has 0 bridgehead atoms. The summed E-state index contributed by atoms with van der Waals surface area (Å²) < 4.78 is 0. The topological polar surface area (TPSA) is 145 Å². The number of aromatic nitrogens is 1. The lowest BCUT2D eigenvalue weighted by atomic mass is 10.0. The van der Waals surface area contributed by atoms with Crippen molar-refractivity contribution in [2.45, 2.75) is 26.4 Å². The van der Waals surface area contributed by atoms with Gasteiger partial charge in [-0.2, -0.15) is 0 Å². The third-order valence-corrected chi connectivity index (χ3v) is 5.48. The number of rotatable bonds is 12. The number of pyridine rings is 1. The maximum atomic E-state index is 9.60. The molecule has 2 aromatic carbocycles. The molecule has 38 heavy (non-hydrogen) atoms. The van der Waals surface area contributed by atoms with E-state index in [1.54, 1.807) is 12.1 Å². The van der Waals surface area contributed by atoms with Crippen molar-refractivity contribution in [3.8, 4) is 5.75 Å². The van der Waals surface area contributed by atoms with Gasteiger partial charge in [-0.25, -0.2) is 4.98 Å². The van der Waals surface area contributed by atoms with Crippen molar-refractivity contribution in [2.24, 2.45) is 16.5 Å². The van der Waals surface area contributed by atoms with E-state index < -0.39 is 0 Å². The van der Waals surface area contributed by atoms with E-state index in [2.05, 4.69) is 29.5 Å². The van der Waals surface area contributed by atoms with Gasteiger partial charge in [-0.3, -0.25) is 4.99 Å². The standard InChI is InChI=1S/C29H36N6O.CH3N/c1-2-3-9-25(19-30)32-14-15-33-29(34-21-23-7-5-4-6-8-23)28-18-24(17-26(20-31)35-28)16-22-10-12-27(36)13-11-22;1-2/h2-13,17-18,32,36H,14-16,19-21,30-31H2,1H3,(H,33,34);2H,1H2/b3-2-,25-9-;. The van der Waals surface area contributed by atoms with Crippen LogP contribution in [0.3, 0.4) is 0 Å². The number of phenols is 1. The van der Waals surface area contributed by atoms with Gasteiger partial charge in [0.1, 0.15) is 17.3 Å². The molecule has 0 aliphatic heterocycles. The van der Waals surface area contributed by atoms with Crippen LogP contribution >= 0.6 is 0 Å². The second-order valence-corrected chi connectivity index (χ2v) is 8.33. The summed E-state index contributed by atoms with van der Waals surface area (Å²) in [4.78, 5) is 9.65. The predicted octanol–water partition coefficient (Wildman–Crippen LogP) is 3.65. The summed E-state index contributed by atoms with van der Waals surface area (Å²) >= 11 is 0. The number of benzene rings is 2. The molecule has 0 saturated heterocycles. The van der Waals surface area contributed by atoms with Crippen LogP contribution < -0.4 is 22.1 Å².